The van der Waals surface area contributed by atoms with Crippen molar-refractivity contribution in [1.29, 1.82) is 5.26 Å². The van der Waals surface area contributed by atoms with Crippen LogP contribution in [0.5, 0.6) is 0 Å². The molecule has 3 heteroatoms. The number of hydrogen-bond donors (Lipinski definition) is 0. The van der Waals surface area contributed by atoms with Crippen molar-refractivity contribution >= 4 is 6.21 Å². The Morgan fingerprint density at radius 2 is 1.95 bits per heavy atom. The van der Waals surface area contributed by atoms with Gasteiger partial charge < -0.3 is 4.84 Å². The Balaban J connectivity index is 1.74. The van der Waals surface area contributed by atoms with Gasteiger partial charge in [-0.05, 0) is 37.2 Å². The molecule has 1 aliphatic rings. The lowest BCUT2D eigenvalue weighted by Gasteiger charge is -2.18. The molecule has 1 aromatic rings. The van der Waals surface area contributed by atoms with Gasteiger partial charge in [0, 0.05) is 12.1 Å². The van der Waals surface area contributed by atoms with Crippen LogP contribution in [0.15, 0.2) is 35.5 Å². The monoisotopic (exact) mass is 270 g/mol. The Kier molecular flexibility index (Phi) is 6.10. The molecule has 0 spiro atoms. The Hall–Kier alpha value is -1.82. The van der Waals surface area contributed by atoms with Crippen molar-refractivity contribution in [2.24, 2.45) is 17.0 Å². The average molecular weight is 270 g/mol. The Morgan fingerprint density at radius 1 is 1.15 bits per heavy atom. The molecule has 20 heavy (non-hydrogen) atoms. The Bertz CT molecular complexity index is 450. The normalized spacial score (nSPS) is 23.8. The fraction of sp³-hybridized carbons (Fsp3) is 0.529. The number of nitriles is 1. The topological polar surface area (TPSA) is 45.4 Å². The van der Waals surface area contributed by atoms with Crippen LogP contribution >= 0.6 is 0 Å². The van der Waals surface area contributed by atoms with Crippen LogP contribution in [0.2, 0.25) is 0 Å². The van der Waals surface area contributed by atoms with Crippen LogP contribution in [0, 0.1) is 23.2 Å². The van der Waals surface area contributed by atoms with Gasteiger partial charge in [0.15, 0.2) is 0 Å². The van der Waals surface area contributed by atoms with Crippen LogP contribution in [-0.2, 0) is 11.4 Å². The van der Waals surface area contributed by atoms with Crippen LogP contribution in [0.25, 0.3) is 0 Å². The van der Waals surface area contributed by atoms with Crippen molar-refractivity contribution in [3.63, 3.8) is 0 Å². The summed E-state index contributed by atoms with van der Waals surface area (Å²) in [5.41, 5.74) is 1.13. The fourth-order valence-corrected chi connectivity index (χ4v) is 2.59. The zero-order valence-corrected chi connectivity index (χ0v) is 11.9. The average Bonchev–Trinajstić information content (AvgIpc) is 2.47. The van der Waals surface area contributed by atoms with E-state index in [0.29, 0.717) is 12.5 Å². The molecule has 1 fully saturated rings. The van der Waals surface area contributed by atoms with E-state index in [1.807, 2.05) is 36.5 Å². The highest BCUT2D eigenvalue weighted by Crippen LogP contribution is 2.24. The first-order chi connectivity index (χ1) is 9.88. The summed E-state index contributed by atoms with van der Waals surface area (Å²) >= 11 is 0. The third-order valence-electron chi connectivity index (χ3n) is 3.87. The number of rotatable bonds is 4. The highest BCUT2D eigenvalue weighted by molar-refractivity contribution is 5.59. The number of nitrogens with zero attached hydrogens (tertiary/aromatic N) is 2. The van der Waals surface area contributed by atoms with Gasteiger partial charge >= 0.3 is 0 Å². The molecular formula is C17H22N2O. The summed E-state index contributed by atoms with van der Waals surface area (Å²) < 4.78 is 0. The van der Waals surface area contributed by atoms with Gasteiger partial charge in [0.2, 0.25) is 0 Å². The zero-order valence-electron chi connectivity index (χ0n) is 11.9. The summed E-state index contributed by atoms with van der Waals surface area (Å²) in [7, 11) is 0. The minimum atomic E-state index is 0.233. The highest BCUT2D eigenvalue weighted by Gasteiger charge is 2.15. The third-order valence-corrected chi connectivity index (χ3v) is 3.87. The summed E-state index contributed by atoms with van der Waals surface area (Å²) in [4.78, 5) is 5.35. The van der Waals surface area contributed by atoms with Crippen molar-refractivity contribution in [3.05, 3.63) is 35.9 Å². The minimum Gasteiger partial charge on any atom is -0.391 e. The quantitative estimate of drug-likeness (QED) is 0.605. The lowest BCUT2D eigenvalue weighted by Crippen LogP contribution is -2.10. The zero-order chi connectivity index (χ0) is 14.0. The summed E-state index contributed by atoms with van der Waals surface area (Å²) in [6.07, 6.45) is 8.55. The van der Waals surface area contributed by atoms with Crippen LogP contribution in [0.3, 0.4) is 0 Å². The molecule has 1 aliphatic carbocycles. The number of benzene rings is 1. The molecule has 0 aliphatic heterocycles. The van der Waals surface area contributed by atoms with Crippen molar-refractivity contribution in [3.8, 4) is 6.07 Å². The summed E-state index contributed by atoms with van der Waals surface area (Å²) in [5.74, 6) is 0.693. The second-order valence-corrected chi connectivity index (χ2v) is 5.46. The molecule has 0 heterocycles. The van der Waals surface area contributed by atoms with E-state index in [1.165, 1.54) is 6.42 Å². The maximum absolute atomic E-state index is 9.03. The molecule has 106 valence electrons. The van der Waals surface area contributed by atoms with Crippen LogP contribution < -0.4 is 0 Å². The molecule has 0 N–H and O–H groups in total. The van der Waals surface area contributed by atoms with E-state index in [1.54, 1.807) is 0 Å². The first-order valence-corrected chi connectivity index (χ1v) is 7.47. The van der Waals surface area contributed by atoms with Gasteiger partial charge in [0.25, 0.3) is 0 Å². The van der Waals surface area contributed by atoms with E-state index in [9.17, 15) is 0 Å². The van der Waals surface area contributed by atoms with E-state index >= 15 is 0 Å². The first kappa shape index (κ1) is 14.6. The van der Waals surface area contributed by atoms with E-state index in [0.717, 1.165) is 37.7 Å². The molecular weight excluding hydrogens is 248 g/mol. The molecule has 2 unspecified atom stereocenters. The predicted octanol–water partition coefficient (Wildman–Crippen LogP) is 4.30. The molecule has 0 radical (unpaired) electrons. The van der Waals surface area contributed by atoms with E-state index in [2.05, 4.69) is 11.2 Å². The van der Waals surface area contributed by atoms with Gasteiger partial charge in [-0.1, -0.05) is 48.3 Å². The molecule has 1 aromatic carbocycles. The predicted molar refractivity (Wildman–Crippen MR) is 80.0 cm³/mol. The molecule has 0 saturated heterocycles. The van der Waals surface area contributed by atoms with Crippen molar-refractivity contribution in [2.45, 2.75) is 45.1 Å². The second kappa shape index (κ2) is 8.37. The third kappa shape index (κ3) is 5.05. The maximum Gasteiger partial charge on any atom is 0.142 e. The van der Waals surface area contributed by atoms with Crippen LogP contribution in [0.1, 0.15) is 44.1 Å². The van der Waals surface area contributed by atoms with E-state index in [-0.39, 0.29) is 5.92 Å². The smallest absolute Gasteiger partial charge is 0.142 e. The summed E-state index contributed by atoms with van der Waals surface area (Å²) in [6, 6.07) is 12.5. The van der Waals surface area contributed by atoms with Crippen molar-refractivity contribution in [2.75, 3.05) is 0 Å². The Morgan fingerprint density at radius 3 is 2.75 bits per heavy atom. The number of oxime groups is 1. The molecule has 3 nitrogen and oxygen atoms in total. The standard InChI is InChI=1S/C17H22N2O/c18-12-15-6-4-5-7-16(11-10-15)13-19-20-14-17-8-2-1-3-9-17/h1-3,8-9,13,15-16H,4-7,10-11,14H2. The second-order valence-electron chi connectivity index (χ2n) is 5.46. The lowest BCUT2D eigenvalue weighted by atomic mass is 9.87. The number of hydrogen-bond acceptors (Lipinski definition) is 3. The fourth-order valence-electron chi connectivity index (χ4n) is 2.59. The maximum atomic E-state index is 9.03. The van der Waals surface area contributed by atoms with Gasteiger partial charge in [-0.25, -0.2) is 0 Å². The minimum absolute atomic E-state index is 0.233. The SMILES string of the molecule is N#CC1CCCCC(C=NOCc2ccccc2)CC1. The van der Waals surface area contributed by atoms with E-state index < -0.39 is 0 Å². The van der Waals surface area contributed by atoms with Crippen LogP contribution in [-0.4, -0.2) is 6.21 Å². The largest absolute Gasteiger partial charge is 0.391 e. The molecule has 0 bridgehead atoms. The molecule has 1 saturated carbocycles. The van der Waals surface area contributed by atoms with E-state index in [4.69, 9.17) is 10.1 Å². The summed E-state index contributed by atoms with van der Waals surface area (Å²) in [6.45, 7) is 0.519. The lowest BCUT2D eigenvalue weighted by molar-refractivity contribution is 0.130. The van der Waals surface area contributed by atoms with Gasteiger partial charge in [-0.15, -0.1) is 0 Å². The van der Waals surface area contributed by atoms with Crippen molar-refractivity contribution in [1.82, 2.24) is 0 Å². The molecule has 0 amide bonds. The highest BCUT2D eigenvalue weighted by atomic mass is 16.6. The first-order valence-electron chi connectivity index (χ1n) is 7.47. The molecule has 0 aromatic heterocycles. The van der Waals surface area contributed by atoms with Gasteiger partial charge in [0.05, 0.1) is 6.07 Å². The van der Waals surface area contributed by atoms with Gasteiger partial charge in [-0.2, -0.15) is 5.26 Å². The Labute approximate surface area is 121 Å². The van der Waals surface area contributed by atoms with Gasteiger partial charge in [0.1, 0.15) is 6.61 Å². The van der Waals surface area contributed by atoms with Gasteiger partial charge in [-0.3, -0.25) is 0 Å². The summed E-state index contributed by atoms with van der Waals surface area (Å²) in [5, 5.41) is 13.1. The molecule has 2 atom stereocenters. The molecule has 2 rings (SSSR count). The van der Waals surface area contributed by atoms with Crippen molar-refractivity contribution < 1.29 is 4.84 Å². The van der Waals surface area contributed by atoms with Crippen LogP contribution in [0.4, 0.5) is 0 Å².